The van der Waals surface area contributed by atoms with Crippen LogP contribution in [0.15, 0.2) is 55.1 Å². The number of amides is 3. The van der Waals surface area contributed by atoms with Gasteiger partial charge in [-0.1, -0.05) is 18.2 Å². The Hall–Kier alpha value is -3.96. The number of rotatable bonds is 6. The average molecular weight is 444 g/mol. The molecule has 0 aromatic heterocycles. The second-order valence-electron chi connectivity index (χ2n) is 7.90. The normalized spacial score (nSPS) is 16.8. The van der Waals surface area contributed by atoms with Gasteiger partial charge >= 0.3 is 0 Å². The summed E-state index contributed by atoms with van der Waals surface area (Å²) in [6.07, 6.45) is 1.49. The molecule has 1 fully saturated rings. The van der Waals surface area contributed by atoms with Crippen molar-refractivity contribution in [2.45, 2.75) is 6.04 Å². The highest BCUT2D eigenvalue weighted by atomic mass is 16.5. The van der Waals surface area contributed by atoms with Crippen LogP contribution in [0.25, 0.3) is 0 Å². The Balaban J connectivity index is 1.44. The molecule has 0 N–H and O–H groups in total. The lowest BCUT2D eigenvalue weighted by Gasteiger charge is -2.37. The fourth-order valence-corrected chi connectivity index (χ4v) is 4.24. The smallest absolute Gasteiger partial charge is 0.261 e. The Bertz CT molecular complexity index is 1140. The molecule has 1 atom stereocenters. The van der Waals surface area contributed by atoms with E-state index in [2.05, 4.69) is 12.6 Å². The van der Waals surface area contributed by atoms with Crippen molar-refractivity contribution in [3.8, 4) is 11.8 Å². The van der Waals surface area contributed by atoms with Gasteiger partial charge in [0.15, 0.2) is 0 Å². The van der Waals surface area contributed by atoms with Gasteiger partial charge in [0.2, 0.25) is 0 Å². The molecule has 2 aromatic rings. The first kappa shape index (κ1) is 22.2. The maximum Gasteiger partial charge on any atom is 0.261 e. The fraction of sp³-hybridized carbons (Fsp3) is 0.280. The van der Waals surface area contributed by atoms with Gasteiger partial charge in [0.05, 0.1) is 24.3 Å². The van der Waals surface area contributed by atoms with Crippen LogP contribution in [0, 0.1) is 11.3 Å². The summed E-state index contributed by atoms with van der Waals surface area (Å²) in [6, 6.07) is 14.0. The van der Waals surface area contributed by atoms with Gasteiger partial charge in [-0.15, -0.1) is 6.58 Å². The van der Waals surface area contributed by atoms with Crippen LogP contribution in [-0.4, -0.2) is 72.3 Å². The molecule has 0 radical (unpaired) electrons. The molecule has 2 aliphatic heterocycles. The lowest BCUT2D eigenvalue weighted by Crippen LogP contribution is -2.49. The summed E-state index contributed by atoms with van der Waals surface area (Å²) in [7, 11) is 1.60. The number of nitriles is 1. The zero-order valence-corrected chi connectivity index (χ0v) is 18.4. The number of methoxy groups -OCH3 is 1. The molecule has 2 aromatic carbocycles. The van der Waals surface area contributed by atoms with Crippen molar-refractivity contribution in [2.24, 2.45) is 0 Å². The zero-order valence-electron chi connectivity index (χ0n) is 18.4. The summed E-state index contributed by atoms with van der Waals surface area (Å²) in [5.74, 6) is -0.250. The highest BCUT2D eigenvalue weighted by molar-refractivity contribution is 6.22. The van der Waals surface area contributed by atoms with E-state index >= 15 is 0 Å². The lowest BCUT2D eigenvalue weighted by molar-refractivity contribution is 0.0605. The van der Waals surface area contributed by atoms with E-state index in [-0.39, 0.29) is 23.9 Å². The van der Waals surface area contributed by atoms with Gasteiger partial charge in [-0.2, -0.15) is 5.26 Å². The van der Waals surface area contributed by atoms with Crippen molar-refractivity contribution >= 4 is 17.7 Å². The van der Waals surface area contributed by atoms with Gasteiger partial charge in [0, 0.05) is 38.3 Å². The monoisotopic (exact) mass is 444 g/mol. The third kappa shape index (κ3) is 4.11. The summed E-state index contributed by atoms with van der Waals surface area (Å²) >= 11 is 0. The molecule has 33 heavy (non-hydrogen) atoms. The molecule has 0 aliphatic carbocycles. The van der Waals surface area contributed by atoms with Gasteiger partial charge in [0.1, 0.15) is 11.8 Å². The number of hydrogen-bond acceptors (Lipinski definition) is 6. The minimum Gasteiger partial charge on any atom is -0.497 e. The molecule has 0 saturated carbocycles. The van der Waals surface area contributed by atoms with Gasteiger partial charge in [0.25, 0.3) is 17.7 Å². The van der Waals surface area contributed by atoms with Gasteiger partial charge in [-0.3, -0.25) is 24.2 Å². The average Bonchev–Trinajstić information content (AvgIpc) is 3.09. The van der Waals surface area contributed by atoms with Crippen LogP contribution in [-0.2, 0) is 0 Å². The number of carbonyl (C=O) groups excluding carboxylic acids is 3. The Morgan fingerprint density at radius 3 is 2.36 bits per heavy atom. The topological polar surface area (TPSA) is 94.0 Å². The predicted molar refractivity (Wildman–Crippen MR) is 121 cm³/mol. The third-order valence-electron chi connectivity index (χ3n) is 6.05. The van der Waals surface area contributed by atoms with E-state index in [4.69, 9.17) is 4.74 Å². The molecule has 168 valence electrons. The number of fused-ring (bicyclic) bond motifs is 1. The summed E-state index contributed by atoms with van der Waals surface area (Å²) in [5.41, 5.74) is 1.80. The molecule has 0 bridgehead atoms. The standard InChI is InChI=1S/C25H24N4O4/c1-3-10-29-24(31)20-9-6-18(15-21(20)25(29)32)23(30)28-13-11-27(12-14-28)22(16-26)17-4-7-19(33-2)8-5-17/h3-9,15,22H,1,10-14H2,2H3. The largest absolute Gasteiger partial charge is 0.497 e. The van der Waals surface area contributed by atoms with E-state index in [0.717, 1.165) is 16.2 Å². The van der Waals surface area contributed by atoms with Crippen molar-refractivity contribution in [2.75, 3.05) is 39.8 Å². The quantitative estimate of drug-likeness (QED) is 0.502. The number of nitrogens with zero attached hydrogens (tertiary/aromatic N) is 4. The van der Waals surface area contributed by atoms with E-state index in [9.17, 15) is 19.6 Å². The number of benzene rings is 2. The molecular weight excluding hydrogens is 420 g/mol. The Kier molecular flexibility index (Phi) is 6.24. The van der Waals surface area contributed by atoms with E-state index in [1.54, 1.807) is 18.1 Å². The second kappa shape index (κ2) is 9.27. The minimum atomic E-state index is -0.411. The number of ether oxygens (including phenoxy) is 1. The molecule has 8 heteroatoms. The fourth-order valence-electron chi connectivity index (χ4n) is 4.24. The van der Waals surface area contributed by atoms with Crippen molar-refractivity contribution in [3.05, 3.63) is 77.4 Å². The van der Waals surface area contributed by atoms with Crippen molar-refractivity contribution in [1.82, 2.24) is 14.7 Å². The Morgan fingerprint density at radius 1 is 1.09 bits per heavy atom. The minimum absolute atomic E-state index is 0.131. The number of hydrogen-bond donors (Lipinski definition) is 0. The maximum absolute atomic E-state index is 13.1. The molecule has 3 amide bonds. The predicted octanol–water partition coefficient (Wildman–Crippen LogP) is 2.50. The van der Waals surface area contributed by atoms with Crippen LogP contribution in [0.5, 0.6) is 5.75 Å². The second-order valence-corrected chi connectivity index (χ2v) is 7.90. The summed E-state index contributed by atoms with van der Waals surface area (Å²) in [6.45, 7) is 5.72. The number of carbonyl (C=O) groups is 3. The highest BCUT2D eigenvalue weighted by Crippen LogP contribution is 2.26. The molecule has 2 aliphatic rings. The summed E-state index contributed by atoms with van der Waals surface area (Å²) in [5, 5.41) is 9.73. The molecule has 1 saturated heterocycles. The molecule has 8 nitrogen and oxygen atoms in total. The number of piperazine rings is 1. The van der Waals surface area contributed by atoms with Crippen molar-refractivity contribution < 1.29 is 19.1 Å². The van der Waals surface area contributed by atoms with E-state index in [1.165, 1.54) is 18.2 Å². The zero-order chi connectivity index (χ0) is 23.5. The van der Waals surface area contributed by atoms with Gasteiger partial charge < -0.3 is 9.64 Å². The first-order valence-corrected chi connectivity index (χ1v) is 10.7. The molecule has 0 spiro atoms. The van der Waals surface area contributed by atoms with Crippen molar-refractivity contribution in [1.29, 1.82) is 5.26 Å². The van der Waals surface area contributed by atoms with Crippen LogP contribution in [0.2, 0.25) is 0 Å². The SMILES string of the molecule is C=CCN1C(=O)c2ccc(C(=O)N3CCN(C(C#N)c4ccc(OC)cc4)CC3)cc2C1=O. The van der Waals surface area contributed by atoms with Crippen LogP contribution in [0.1, 0.15) is 42.7 Å². The van der Waals surface area contributed by atoms with Crippen molar-refractivity contribution in [3.63, 3.8) is 0 Å². The van der Waals surface area contributed by atoms with Crippen LogP contribution in [0.3, 0.4) is 0 Å². The first-order valence-electron chi connectivity index (χ1n) is 10.7. The van der Waals surface area contributed by atoms with Gasteiger partial charge in [-0.05, 0) is 35.9 Å². The highest BCUT2D eigenvalue weighted by Gasteiger charge is 2.36. The molecule has 1 unspecified atom stereocenters. The first-order chi connectivity index (χ1) is 16.0. The molecule has 2 heterocycles. The van der Waals surface area contributed by atoms with Gasteiger partial charge in [-0.25, -0.2) is 0 Å². The molecule has 4 rings (SSSR count). The maximum atomic E-state index is 13.1. The summed E-state index contributed by atoms with van der Waals surface area (Å²) in [4.78, 5) is 42.9. The van der Waals surface area contributed by atoms with Crippen LogP contribution in [0.4, 0.5) is 0 Å². The Labute approximate surface area is 192 Å². The van der Waals surface area contributed by atoms with E-state index < -0.39 is 11.9 Å². The summed E-state index contributed by atoms with van der Waals surface area (Å²) < 4.78 is 5.18. The number of imide groups is 1. The Morgan fingerprint density at radius 2 is 1.76 bits per heavy atom. The van der Waals surface area contributed by atoms with Crippen LogP contribution < -0.4 is 4.74 Å². The van der Waals surface area contributed by atoms with E-state index in [1.807, 2.05) is 29.2 Å². The third-order valence-corrected chi connectivity index (χ3v) is 6.05. The van der Waals surface area contributed by atoms with E-state index in [0.29, 0.717) is 37.3 Å². The lowest BCUT2D eigenvalue weighted by atomic mass is 10.0. The molecular formula is C25H24N4O4. The van der Waals surface area contributed by atoms with Crippen LogP contribution >= 0.6 is 0 Å².